The van der Waals surface area contributed by atoms with Gasteiger partial charge in [0.05, 0.1) is 12.5 Å². The Kier molecular flexibility index (Phi) is 7.02. The quantitative estimate of drug-likeness (QED) is 0.720. The molecule has 0 radical (unpaired) electrons. The van der Waals surface area contributed by atoms with Gasteiger partial charge in [-0.05, 0) is 43.9 Å². The van der Waals surface area contributed by atoms with E-state index >= 15 is 0 Å². The van der Waals surface area contributed by atoms with Crippen LogP contribution in [-0.2, 0) is 15.0 Å². The van der Waals surface area contributed by atoms with Gasteiger partial charge in [-0.25, -0.2) is 0 Å². The average molecular weight is 384 g/mol. The summed E-state index contributed by atoms with van der Waals surface area (Å²) in [6, 6.07) is 6.01. The van der Waals surface area contributed by atoms with Crippen LogP contribution >= 0.6 is 0 Å². The maximum absolute atomic E-state index is 12.4. The predicted octanol–water partition coefficient (Wildman–Crippen LogP) is 1.32. The molecule has 0 saturated carbocycles. The van der Waals surface area contributed by atoms with Crippen molar-refractivity contribution in [2.24, 2.45) is 5.92 Å². The summed E-state index contributed by atoms with van der Waals surface area (Å²) in [5.74, 6) is 0.382. The van der Waals surface area contributed by atoms with E-state index in [4.69, 9.17) is 4.74 Å². The van der Waals surface area contributed by atoms with Crippen molar-refractivity contribution in [1.29, 1.82) is 0 Å². The summed E-state index contributed by atoms with van der Waals surface area (Å²) in [7, 11) is -0.467. The van der Waals surface area contributed by atoms with Crippen LogP contribution in [0.15, 0.2) is 18.2 Å². The Morgan fingerprint density at radius 2 is 2.08 bits per heavy atom. The van der Waals surface area contributed by atoms with E-state index in [0.717, 1.165) is 16.9 Å². The number of hydrogen-bond donors (Lipinski definition) is 1. The van der Waals surface area contributed by atoms with Crippen molar-refractivity contribution in [3.05, 3.63) is 29.3 Å². The molecule has 1 atom stereocenters. The largest absolute Gasteiger partial charge is 0.491 e. The Bertz CT molecular complexity index is 734. The van der Waals surface area contributed by atoms with E-state index in [1.807, 2.05) is 32.0 Å². The molecule has 26 heavy (non-hydrogen) atoms. The first-order chi connectivity index (χ1) is 12.2. The fourth-order valence-corrected chi connectivity index (χ4v) is 4.13. The fraction of sp³-hybridized carbons (Fsp3) is 0.611. The highest BCUT2D eigenvalue weighted by atomic mass is 32.2. The third-order valence-electron chi connectivity index (χ3n) is 4.55. The van der Waals surface area contributed by atoms with Crippen molar-refractivity contribution in [3.63, 3.8) is 0 Å². The SMILES string of the molecule is Cc1ccc(C)c(OCCNC(=O)C2CCCN(S(=O)(=O)N(C)C)C2)c1. The Balaban J connectivity index is 1.81. The van der Waals surface area contributed by atoms with Gasteiger partial charge in [0.25, 0.3) is 10.2 Å². The number of aryl methyl sites for hydroxylation is 2. The topological polar surface area (TPSA) is 79.0 Å². The molecule has 1 heterocycles. The summed E-state index contributed by atoms with van der Waals surface area (Å²) in [6.45, 7) is 5.44. The average Bonchev–Trinajstić information content (AvgIpc) is 2.61. The number of hydrogen-bond acceptors (Lipinski definition) is 4. The zero-order valence-electron chi connectivity index (χ0n) is 16.0. The summed E-state index contributed by atoms with van der Waals surface area (Å²) in [4.78, 5) is 12.4. The van der Waals surface area contributed by atoms with E-state index in [2.05, 4.69) is 5.32 Å². The van der Waals surface area contributed by atoms with Gasteiger partial charge < -0.3 is 10.1 Å². The monoisotopic (exact) mass is 383 g/mol. The molecule has 7 nitrogen and oxygen atoms in total. The molecule has 8 heteroatoms. The molecule has 2 rings (SSSR count). The lowest BCUT2D eigenvalue weighted by atomic mass is 9.99. The molecule has 1 aliphatic rings. The van der Waals surface area contributed by atoms with Crippen LogP contribution in [0.3, 0.4) is 0 Å². The Hall–Kier alpha value is -1.64. The molecule has 1 saturated heterocycles. The first-order valence-corrected chi connectivity index (χ1v) is 10.3. The van der Waals surface area contributed by atoms with Gasteiger partial charge in [-0.3, -0.25) is 4.79 Å². The first kappa shape index (κ1) is 20.7. The lowest BCUT2D eigenvalue weighted by molar-refractivity contribution is -0.126. The number of nitrogens with one attached hydrogen (secondary N) is 1. The van der Waals surface area contributed by atoms with Gasteiger partial charge in [0.1, 0.15) is 12.4 Å². The molecular formula is C18H29N3O4S. The second-order valence-electron chi connectivity index (χ2n) is 6.90. The van der Waals surface area contributed by atoms with Crippen LogP contribution in [0.1, 0.15) is 24.0 Å². The summed E-state index contributed by atoms with van der Waals surface area (Å²) in [5, 5.41) is 2.86. The van der Waals surface area contributed by atoms with Crippen LogP contribution in [0.5, 0.6) is 5.75 Å². The van der Waals surface area contributed by atoms with Gasteiger partial charge in [0, 0.05) is 27.2 Å². The summed E-state index contributed by atoms with van der Waals surface area (Å²) < 4.78 is 32.8. The number of nitrogens with zero attached hydrogens (tertiary/aromatic N) is 2. The normalized spacial score (nSPS) is 18.7. The Labute approximate surface area is 156 Å². The summed E-state index contributed by atoms with van der Waals surface area (Å²) in [5.41, 5.74) is 2.18. The van der Waals surface area contributed by atoms with Gasteiger partial charge in [-0.2, -0.15) is 17.0 Å². The fourth-order valence-electron chi connectivity index (χ4n) is 2.94. The molecule has 1 aromatic rings. The maximum atomic E-state index is 12.4. The number of carbonyl (C=O) groups is 1. The molecule has 1 aromatic carbocycles. The van der Waals surface area contributed by atoms with Gasteiger partial charge in [0.2, 0.25) is 5.91 Å². The molecule has 0 aromatic heterocycles. The van der Waals surface area contributed by atoms with E-state index in [1.165, 1.54) is 22.7 Å². The highest BCUT2D eigenvalue weighted by Crippen LogP contribution is 2.21. The predicted molar refractivity (Wildman–Crippen MR) is 101 cm³/mol. The highest BCUT2D eigenvalue weighted by molar-refractivity contribution is 7.86. The zero-order chi connectivity index (χ0) is 19.3. The second kappa shape index (κ2) is 8.83. The zero-order valence-corrected chi connectivity index (χ0v) is 16.8. The minimum atomic E-state index is -3.47. The van der Waals surface area contributed by atoms with E-state index < -0.39 is 10.2 Å². The molecule has 1 N–H and O–H groups in total. The van der Waals surface area contributed by atoms with Crippen LogP contribution in [0, 0.1) is 19.8 Å². The van der Waals surface area contributed by atoms with E-state index in [-0.39, 0.29) is 18.4 Å². The van der Waals surface area contributed by atoms with Gasteiger partial charge in [0.15, 0.2) is 0 Å². The second-order valence-corrected chi connectivity index (χ2v) is 9.04. The Morgan fingerprint density at radius 1 is 1.35 bits per heavy atom. The smallest absolute Gasteiger partial charge is 0.281 e. The molecular weight excluding hydrogens is 354 g/mol. The lowest BCUT2D eigenvalue weighted by Crippen LogP contribution is -2.49. The number of amides is 1. The third kappa shape index (κ3) is 5.18. The first-order valence-electron chi connectivity index (χ1n) is 8.87. The summed E-state index contributed by atoms with van der Waals surface area (Å²) >= 11 is 0. The van der Waals surface area contributed by atoms with Crippen LogP contribution in [0.25, 0.3) is 0 Å². The van der Waals surface area contributed by atoms with Crippen molar-refractivity contribution < 1.29 is 17.9 Å². The molecule has 0 bridgehead atoms. The maximum Gasteiger partial charge on any atom is 0.281 e. The molecule has 1 fully saturated rings. The van der Waals surface area contributed by atoms with Crippen molar-refractivity contribution in [2.75, 3.05) is 40.3 Å². The number of ether oxygens (including phenoxy) is 1. The lowest BCUT2D eigenvalue weighted by Gasteiger charge is -2.32. The third-order valence-corrected chi connectivity index (χ3v) is 6.45. The number of piperidine rings is 1. The Morgan fingerprint density at radius 3 is 2.77 bits per heavy atom. The standard InChI is InChI=1S/C18H29N3O4S/c1-14-7-8-15(2)17(12-14)25-11-9-19-18(22)16-6-5-10-21(13-16)26(23,24)20(3)4/h7-8,12,16H,5-6,9-11,13H2,1-4H3,(H,19,22). The number of rotatable bonds is 7. The number of carbonyl (C=O) groups excluding carboxylic acids is 1. The molecule has 1 aliphatic heterocycles. The van der Waals surface area contributed by atoms with Crippen LogP contribution in [-0.4, -0.2) is 63.3 Å². The molecule has 1 unspecified atom stereocenters. The van der Waals surface area contributed by atoms with Crippen LogP contribution in [0.4, 0.5) is 0 Å². The molecule has 1 amide bonds. The summed E-state index contributed by atoms with van der Waals surface area (Å²) in [6.07, 6.45) is 1.38. The van der Waals surface area contributed by atoms with Gasteiger partial charge >= 0.3 is 0 Å². The van der Waals surface area contributed by atoms with Gasteiger partial charge in [-0.15, -0.1) is 0 Å². The van der Waals surface area contributed by atoms with E-state index in [1.54, 1.807) is 0 Å². The van der Waals surface area contributed by atoms with Crippen molar-refractivity contribution >= 4 is 16.1 Å². The molecule has 146 valence electrons. The van der Waals surface area contributed by atoms with Gasteiger partial charge in [-0.1, -0.05) is 12.1 Å². The highest BCUT2D eigenvalue weighted by Gasteiger charge is 2.33. The van der Waals surface area contributed by atoms with Crippen molar-refractivity contribution in [3.8, 4) is 5.75 Å². The van der Waals surface area contributed by atoms with E-state index in [0.29, 0.717) is 32.5 Å². The van der Waals surface area contributed by atoms with E-state index in [9.17, 15) is 13.2 Å². The van der Waals surface area contributed by atoms with Crippen molar-refractivity contribution in [1.82, 2.24) is 13.9 Å². The van der Waals surface area contributed by atoms with Crippen molar-refractivity contribution in [2.45, 2.75) is 26.7 Å². The number of benzene rings is 1. The van der Waals surface area contributed by atoms with Crippen LogP contribution in [0.2, 0.25) is 0 Å². The minimum Gasteiger partial charge on any atom is -0.491 e. The molecule has 0 aliphatic carbocycles. The minimum absolute atomic E-state index is 0.117. The molecule has 0 spiro atoms. The van der Waals surface area contributed by atoms with Crippen LogP contribution < -0.4 is 10.1 Å².